The molecule has 168 valence electrons. The van der Waals surface area contributed by atoms with Gasteiger partial charge in [-0.2, -0.15) is 0 Å². The zero-order chi connectivity index (χ0) is 23.8. The van der Waals surface area contributed by atoms with Gasteiger partial charge in [-0.3, -0.25) is 14.6 Å². The number of urea groups is 1. The van der Waals surface area contributed by atoms with Crippen LogP contribution in [0.25, 0.3) is 0 Å². The molecule has 3 aromatic rings. The second-order valence-electron chi connectivity index (χ2n) is 7.32. The highest BCUT2D eigenvalue weighted by Gasteiger charge is 2.08. The molecule has 0 atom stereocenters. The standard InChI is InChI=1S/C25H24N4O4/c1-16(2)14-23(30)17-4-6-18(7-5-17)28-25(32)29-19-8-10-20(11-9-19)33-21-12-13-27-22(15-21)24(31)26-3/h4-15H,1-3H3,(H,26,31)(H2,28,29,32). The maximum Gasteiger partial charge on any atom is 0.323 e. The van der Waals surface area contributed by atoms with Crippen LogP contribution in [0.1, 0.15) is 34.7 Å². The van der Waals surface area contributed by atoms with Gasteiger partial charge in [0.2, 0.25) is 0 Å². The molecule has 1 heterocycles. The van der Waals surface area contributed by atoms with Gasteiger partial charge in [0.15, 0.2) is 5.78 Å². The van der Waals surface area contributed by atoms with Gasteiger partial charge in [-0.05, 0) is 74.5 Å². The summed E-state index contributed by atoms with van der Waals surface area (Å²) in [6, 6.07) is 16.2. The van der Waals surface area contributed by atoms with Crippen LogP contribution in [-0.2, 0) is 0 Å². The summed E-state index contributed by atoms with van der Waals surface area (Å²) < 4.78 is 5.74. The van der Waals surface area contributed by atoms with Gasteiger partial charge in [-0.1, -0.05) is 5.57 Å². The van der Waals surface area contributed by atoms with Crippen molar-refractivity contribution in [2.75, 3.05) is 17.7 Å². The number of benzene rings is 2. The van der Waals surface area contributed by atoms with Crippen molar-refractivity contribution >= 4 is 29.1 Å². The molecule has 0 saturated heterocycles. The third kappa shape index (κ3) is 6.76. The van der Waals surface area contributed by atoms with E-state index in [1.807, 2.05) is 13.8 Å². The molecule has 0 spiro atoms. The number of pyridine rings is 1. The molecular weight excluding hydrogens is 420 g/mol. The first-order chi connectivity index (χ1) is 15.8. The first-order valence-electron chi connectivity index (χ1n) is 10.2. The second-order valence-corrected chi connectivity index (χ2v) is 7.32. The molecule has 0 saturated carbocycles. The minimum Gasteiger partial charge on any atom is -0.457 e. The number of hydrogen-bond acceptors (Lipinski definition) is 5. The number of nitrogens with one attached hydrogen (secondary N) is 3. The van der Waals surface area contributed by atoms with E-state index in [1.54, 1.807) is 60.7 Å². The SMILES string of the molecule is CNC(=O)c1cc(Oc2ccc(NC(=O)Nc3ccc(C(=O)C=C(C)C)cc3)cc2)ccn1. The van der Waals surface area contributed by atoms with E-state index < -0.39 is 6.03 Å². The number of hydrogen-bond donors (Lipinski definition) is 3. The Hall–Kier alpha value is -4.46. The summed E-state index contributed by atoms with van der Waals surface area (Å²) in [6.45, 7) is 3.72. The lowest BCUT2D eigenvalue weighted by molar-refractivity contribution is 0.0957. The van der Waals surface area contributed by atoms with Crippen LogP contribution in [0.15, 0.2) is 78.5 Å². The lowest BCUT2D eigenvalue weighted by Gasteiger charge is -2.10. The molecule has 33 heavy (non-hydrogen) atoms. The average Bonchev–Trinajstić information content (AvgIpc) is 2.80. The fraction of sp³-hybridized carbons (Fsp3) is 0.120. The number of amides is 3. The van der Waals surface area contributed by atoms with Crippen molar-refractivity contribution in [1.29, 1.82) is 0 Å². The average molecular weight is 444 g/mol. The van der Waals surface area contributed by atoms with Gasteiger partial charge >= 0.3 is 6.03 Å². The Morgan fingerprint density at radius 1 is 0.848 bits per heavy atom. The number of carbonyl (C=O) groups excluding carboxylic acids is 3. The zero-order valence-corrected chi connectivity index (χ0v) is 18.5. The van der Waals surface area contributed by atoms with Gasteiger partial charge in [0.1, 0.15) is 17.2 Å². The van der Waals surface area contributed by atoms with Gasteiger partial charge in [0, 0.05) is 36.2 Å². The van der Waals surface area contributed by atoms with Crippen LogP contribution in [-0.4, -0.2) is 29.8 Å². The Bertz CT molecular complexity index is 1180. The summed E-state index contributed by atoms with van der Waals surface area (Å²) in [6.07, 6.45) is 3.06. The topological polar surface area (TPSA) is 109 Å². The minimum absolute atomic E-state index is 0.0788. The lowest BCUT2D eigenvalue weighted by atomic mass is 10.1. The fourth-order valence-electron chi connectivity index (χ4n) is 2.83. The number of ketones is 1. The van der Waals surface area contributed by atoms with Crippen molar-refractivity contribution in [2.45, 2.75) is 13.8 Å². The number of aromatic nitrogens is 1. The summed E-state index contributed by atoms with van der Waals surface area (Å²) in [4.78, 5) is 40.0. The number of carbonyl (C=O) groups is 3. The summed E-state index contributed by atoms with van der Waals surface area (Å²) in [5.74, 6) is 0.616. The van der Waals surface area contributed by atoms with E-state index in [1.165, 1.54) is 19.3 Å². The van der Waals surface area contributed by atoms with Gasteiger partial charge in [-0.15, -0.1) is 0 Å². The van der Waals surface area contributed by atoms with Crippen molar-refractivity contribution in [3.63, 3.8) is 0 Å². The van der Waals surface area contributed by atoms with E-state index in [0.717, 1.165) is 5.57 Å². The molecule has 0 aliphatic heterocycles. The summed E-state index contributed by atoms with van der Waals surface area (Å²) >= 11 is 0. The molecule has 1 aromatic heterocycles. The van der Waals surface area contributed by atoms with Crippen LogP contribution >= 0.6 is 0 Å². The van der Waals surface area contributed by atoms with Crippen LogP contribution in [0.4, 0.5) is 16.2 Å². The van der Waals surface area contributed by atoms with E-state index in [2.05, 4.69) is 20.9 Å². The van der Waals surface area contributed by atoms with Crippen LogP contribution in [0.3, 0.4) is 0 Å². The van der Waals surface area contributed by atoms with Gasteiger partial charge in [0.05, 0.1) is 0 Å². The maximum absolute atomic E-state index is 12.3. The molecule has 3 rings (SSSR count). The molecule has 8 nitrogen and oxygen atoms in total. The Labute approximate surface area is 191 Å². The van der Waals surface area contributed by atoms with Crippen molar-refractivity contribution in [2.24, 2.45) is 0 Å². The van der Waals surface area contributed by atoms with Gasteiger partial charge < -0.3 is 20.7 Å². The predicted octanol–water partition coefficient (Wildman–Crippen LogP) is 5.03. The second kappa shape index (κ2) is 10.7. The molecule has 8 heteroatoms. The van der Waals surface area contributed by atoms with Crippen molar-refractivity contribution < 1.29 is 19.1 Å². The molecule has 2 aromatic carbocycles. The van der Waals surface area contributed by atoms with Crippen LogP contribution in [0, 0.1) is 0 Å². The summed E-state index contributed by atoms with van der Waals surface area (Å²) in [5, 5.41) is 7.96. The number of nitrogens with zero attached hydrogens (tertiary/aromatic N) is 1. The summed E-state index contributed by atoms with van der Waals surface area (Å²) in [7, 11) is 1.53. The largest absolute Gasteiger partial charge is 0.457 e. The molecule has 0 aliphatic carbocycles. The molecular formula is C25H24N4O4. The quantitative estimate of drug-likeness (QED) is 0.350. The molecule has 0 aliphatic rings. The van der Waals surface area contributed by atoms with Gasteiger partial charge in [-0.25, -0.2) is 4.79 Å². The van der Waals surface area contributed by atoms with Crippen molar-refractivity contribution in [3.8, 4) is 11.5 Å². The van der Waals surface area contributed by atoms with Gasteiger partial charge in [0.25, 0.3) is 5.91 Å². The highest BCUT2D eigenvalue weighted by Crippen LogP contribution is 2.23. The van der Waals surface area contributed by atoms with E-state index in [-0.39, 0.29) is 17.4 Å². The fourth-order valence-corrected chi connectivity index (χ4v) is 2.83. The highest BCUT2D eigenvalue weighted by molar-refractivity contribution is 6.05. The molecule has 0 fully saturated rings. The first-order valence-corrected chi connectivity index (χ1v) is 10.2. The van der Waals surface area contributed by atoms with E-state index in [4.69, 9.17) is 4.74 Å². The Morgan fingerprint density at radius 3 is 2.03 bits per heavy atom. The Balaban J connectivity index is 1.56. The molecule has 3 N–H and O–H groups in total. The third-order valence-corrected chi connectivity index (χ3v) is 4.39. The normalized spacial score (nSPS) is 10.0. The Kier molecular flexibility index (Phi) is 7.54. The van der Waals surface area contributed by atoms with Crippen molar-refractivity contribution in [1.82, 2.24) is 10.3 Å². The van der Waals surface area contributed by atoms with E-state index in [0.29, 0.717) is 28.4 Å². The molecule has 3 amide bonds. The van der Waals surface area contributed by atoms with Crippen molar-refractivity contribution in [3.05, 3.63) is 89.8 Å². The Morgan fingerprint density at radius 2 is 1.45 bits per heavy atom. The van der Waals surface area contributed by atoms with Crippen LogP contribution in [0.5, 0.6) is 11.5 Å². The molecule has 0 radical (unpaired) electrons. The first kappa shape index (κ1) is 23.2. The predicted molar refractivity (Wildman–Crippen MR) is 127 cm³/mol. The molecule has 0 bridgehead atoms. The summed E-state index contributed by atoms with van der Waals surface area (Å²) in [5.41, 5.74) is 2.85. The number of ether oxygens (including phenoxy) is 1. The van der Waals surface area contributed by atoms with Crippen LogP contribution in [0.2, 0.25) is 0 Å². The minimum atomic E-state index is -0.420. The van der Waals surface area contributed by atoms with E-state index in [9.17, 15) is 14.4 Å². The third-order valence-electron chi connectivity index (χ3n) is 4.39. The van der Waals surface area contributed by atoms with E-state index >= 15 is 0 Å². The lowest BCUT2D eigenvalue weighted by Crippen LogP contribution is -2.19. The zero-order valence-electron chi connectivity index (χ0n) is 18.5. The number of allylic oxidation sites excluding steroid dienone is 2. The number of rotatable bonds is 7. The monoisotopic (exact) mass is 444 g/mol. The number of anilines is 2. The highest BCUT2D eigenvalue weighted by atomic mass is 16.5. The van der Waals surface area contributed by atoms with Crippen LogP contribution < -0.4 is 20.7 Å². The maximum atomic E-state index is 12.3. The molecule has 0 unspecified atom stereocenters. The smallest absolute Gasteiger partial charge is 0.323 e.